The summed E-state index contributed by atoms with van der Waals surface area (Å²) in [6.07, 6.45) is 7.58. The lowest BCUT2D eigenvalue weighted by atomic mass is 9.84. The summed E-state index contributed by atoms with van der Waals surface area (Å²) in [5.41, 5.74) is 0.596. The number of piperidine rings is 2. The Hall–Kier alpha value is -1.82. The summed E-state index contributed by atoms with van der Waals surface area (Å²) < 4.78 is 4.98. The predicted molar refractivity (Wildman–Crippen MR) is 95.2 cm³/mol. The molecule has 1 atom stereocenters. The highest BCUT2D eigenvalue weighted by Gasteiger charge is 2.27. The number of carbonyl (C=O) groups is 2. The lowest BCUT2D eigenvalue weighted by molar-refractivity contribution is -0.123. The second-order valence-corrected chi connectivity index (χ2v) is 7.41. The van der Waals surface area contributed by atoms with Crippen LogP contribution in [0.4, 0.5) is 0 Å². The number of rotatable bonds is 5. The van der Waals surface area contributed by atoms with E-state index in [4.69, 9.17) is 4.42 Å². The largest absolute Gasteiger partial charge is 0.472 e. The maximum atomic E-state index is 12.3. The number of nitrogens with one attached hydrogen (secondary N) is 2. The van der Waals surface area contributed by atoms with Gasteiger partial charge in [0.2, 0.25) is 5.91 Å². The zero-order chi connectivity index (χ0) is 17.6. The Bertz CT molecular complexity index is 558. The molecule has 25 heavy (non-hydrogen) atoms. The van der Waals surface area contributed by atoms with Crippen molar-refractivity contribution in [1.82, 2.24) is 15.5 Å². The van der Waals surface area contributed by atoms with Crippen molar-refractivity contribution in [3.05, 3.63) is 24.2 Å². The van der Waals surface area contributed by atoms with Gasteiger partial charge in [-0.1, -0.05) is 6.92 Å². The summed E-state index contributed by atoms with van der Waals surface area (Å²) in [4.78, 5) is 26.5. The van der Waals surface area contributed by atoms with Crippen LogP contribution >= 0.6 is 0 Å². The molecule has 2 aliphatic heterocycles. The topological polar surface area (TPSA) is 74.6 Å². The van der Waals surface area contributed by atoms with Gasteiger partial charge < -0.3 is 20.0 Å². The van der Waals surface area contributed by atoms with Gasteiger partial charge in [-0.15, -0.1) is 0 Å². The van der Waals surface area contributed by atoms with Crippen LogP contribution in [0.1, 0.15) is 49.4 Å². The molecular formula is C19H29N3O3. The second kappa shape index (κ2) is 8.52. The van der Waals surface area contributed by atoms with E-state index in [1.165, 1.54) is 25.4 Å². The SMILES string of the molecule is CC(CC(=O)NC1CCN(C(=O)c2ccoc2)CC1)C1CCNCC1. The van der Waals surface area contributed by atoms with Crippen molar-refractivity contribution in [2.75, 3.05) is 26.2 Å². The maximum Gasteiger partial charge on any atom is 0.257 e. The Morgan fingerprint density at radius 1 is 1.28 bits per heavy atom. The molecule has 3 rings (SSSR count). The van der Waals surface area contributed by atoms with E-state index in [1.54, 1.807) is 6.07 Å². The highest BCUT2D eigenvalue weighted by molar-refractivity contribution is 5.93. The average molecular weight is 347 g/mol. The lowest BCUT2D eigenvalue weighted by Crippen LogP contribution is -2.47. The molecular weight excluding hydrogens is 318 g/mol. The first-order valence-corrected chi connectivity index (χ1v) is 9.45. The summed E-state index contributed by atoms with van der Waals surface area (Å²) in [6.45, 7) is 5.69. The van der Waals surface area contributed by atoms with Gasteiger partial charge >= 0.3 is 0 Å². The van der Waals surface area contributed by atoms with Crippen LogP contribution in [0.15, 0.2) is 23.0 Å². The molecule has 0 spiro atoms. The molecule has 2 aliphatic rings. The van der Waals surface area contributed by atoms with Crippen LogP contribution in [0.3, 0.4) is 0 Å². The Balaban J connectivity index is 1.39. The summed E-state index contributed by atoms with van der Waals surface area (Å²) in [6, 6.07) is 1.87. The van der Waals surface area contributed by atoms with Crippen LogP contribution in [0.25, 0.3) is 0 Å². The highest BCUT2D eigenvalue weighted by Crippen LogP contribution is 2.24. The monoisotopic (exact) mass is 347 g/mol. The average Bonchev–Trinajstić information content (AvgIpc) is 3.17. The molecule has 2 amide bonds. The second-order valence-electron chi connectivity index (χ2n) is 7.41. The summed E-state index contributed by atoms with van der Waals surface area (Å²) >= 11 is 0. The number of nitrogens with zero attached hydrogens (tertiary/aromatic N) is 1. The predicted octanol–water partition coefficient (Wildman–Crippen LogP) is 2.03. The fourth-order valence-electron chi connectivity index (χ4n) is 3.95. The van der Waals surface area contributed by atoms with E-state index in [0.29, 0.717) is 36.9 Å². The fraction of sp³-hybridized carbons (Fsp3) is 0.684. The van der Waals surface area contributed by atoms with Crippen LogP contribution in [0, 0.1) is 11.8 Å². The summed E-state index contributed by atoms with van der Waals surface area (Å²) in [7, 11) is 0. The Kier molecular flexibility index (Phi) is 6.13. The van der Waals surface area contributed by atoms with Crippen molar-refractivity contribution < 1.29 is 14.0 Å². The molecule has 2 saturated heterocycles. The van der Waals surface area contributed by atoms with Gasteiger partial charge in [-0.2, -0.15) is 0 Å². The third-order valence-electron chi connectivity index (χ3n) is 5.61. The van der Waals surface area contributed by atoms with Crippen LogP contribution in [0.2, 0.25) is 0 Å². The Morgan fingerprint density at radius 3 is 2.64 bits per heavy atom. The number of furan rings is 1. The molecule has 1 aromatic rings. The molecule has 6 nitrogen and oxygen atoms in total. The molecule has 0 bridgehead atoms. The van der Waals surface area contributed by atoms with E-state index in [9.17, 15) is 9.59 Å². The van der Waals surface area contributed by atoms with Gasteiger partial charge in [-0.3, -0.25) is 9.59 Å². The molecule has 1 aromatic heterocycles. The zero-order valence-electron chi connectivity index (χ0n) is 15.0. The lowest BCUT2D eigenvalue weighted by Gasteiger charge is -2.33. The normalized spacial score (nSPS) is 21.1. The van der Waals surface area contributed by atoms with Crippen LogP contribution in [-0.2, 0) is 4.79 Å². The minimum absolute atomic E-state index is 0.0121. The van der Waals surface area contributed by atoms with Crippen LogP contribution in [-0.4, -0.2) is 48.9 Å². The van der Waals surface area contributed by atoms with Crippen molar-refractivity contribution >= 4 is 11.8 Å². The zero-order valence-corrected chi connectivity index (χ0v) is 15.0. The third kappa shape index (κ3) is 4.84. The molecule has 0 saturated carbocycles. The van der Waals surface area contributed by atoms with Gasteiger partial charge in [0, 0.05) is 25.6 Å². The quantitative estimate of drug-likeness (QED) is 0.855. The van der Waals surface area contributed by atoms with Crippen molar-refractivity contribution in [3.8, 4) is 0 Å². The van der Waals surface area contributed by atoms with Gasteiger partial charge in [0.1, 0.15) is 6.26 Å². The first kappa shape index (κ1) is 18.0. The maximum absolute atomic E-state index is 12.3. The van der Waals surface area contributed by atoms with E-state index < -0.39 is 0 Å². The standard InChI is InChI=1S/C19H29N3O3/c1-14(15-2-7-20-8-3-15)12-18(23)21-17-4-9-22(10-5-17)19(24)16-6-11-25-13-16/h6,11,13-15,17,20H,2-5,7-10,12H2,1H3,(H,21,23). The smallest absolute Gasteiger partial charge is 0.257 e. The Morgan fingerprint density at radius 2 is 2.00 bits per heavy atom. The molecule has 0 radical (unpaired) electrons. The van der Waals surface area contributed by atoms with Crippen LogP contribution in [0.5, 0.6) is 0 Å². The number of hydrogen-bond acceptors (Lipinski definition) is 4. The molecule has 3 heterocycles. The fourth-order valence-corrected chi connectivity index (χ4v) is 3.95. The molecule has 2 N–H and O–H groups in total. The highest BCUT2D eigenvalue weighted by atomic mass is 16.3. The van der Waals surface area contributed by atoms with E-state index in [1.807, 2.05) is 4.90 Å². The molecule has 138 valence electrons. The minimum atomic E-state index is 0.0121. The van der Waals surface area contributed by atoms with Crippen molar-refractivity contribution in [2.45, 2.75) is 45.1 Å². The van der Waals surface area contributed by atoms with E-state index in [-0.39, 0.29) is 17.9 Å². The van der Waals surface area contributed by atoms with Crippen molar-refractivity contribution in [1.29, 1.82) is 0 Å². The van der Waals surface area contributed by atoms with E-state index in [2.05, 4.69) is 17.6 Å². The van der Waals surface area contributed by atoms with Gasteiger partial charge in [0.25, 0.3) is 5.91 Å². The molecule has 6 heteroatoms. The Labute approximate surface area is 149 Å². The summed E-state index contributed by atoms with van der Waals surface area (Å²) in [5, 5.41) is 6.55. The van der Waals surface area contributed by atoms with Gasteiger partial charge in [0.05, 0.1) is 11.8 Å². The third-order valence-corrected chi connectivity index (χ3v) is 5.61. The number of amides is 2. The van der Waals surface area contributed by atoms with E-state index >= 15 is 0 Å². The number of carbonyl (C=O) groups excluding carboxylic acids is 2. The van der Waals surface area contributed by atoms with Gasteiger partial charge in [-0.05, 0) is 56.7 Å². The minimum Gasteiger partial charge on any atom is -0.472 e. The molecule has 0 aromatic carbocycles. The van der Waals surface area contributed by atoms with E-state index in [0.717, 1.165) is 25.9 Å². The van der Waals surface area contributed by atoms with Gasteiger partial charge in [-0.25, -0.2) is 0 Å². The molecule has 2 fully saturated rings. The first-order valence-electron chi connectivity index (χ1n) is 9.45. The number of likely N-dealkylation sites (tertiary alicyclic amines) is 1. The molecule has 0 aliphatic carbocycles. The van der Waals surface area contributed by atoms with Crippen molar-refractivity contribution in [3.63, 3.8) is 0 Å². The summed E-state index contributed by atoms with van der Waals surface area (Å²) in [5.74, 6) is 1.26. The van der Waals surface area contributed by atoms with Crippen LogP contribution < -0.4 is 10.6 Å². The first-order chi connectivity index (χ1) is 12.1. The number of hydrogen-bond donors (Lipinski definition) is 2. The van der Waals surface area contributed by atoms with Crippen molar-refractivity contribution in [2.24, 2.45) is 11.8 Å². The molecule has 1 unspecified atom stereocenters. The van der Waals surface area contributed by atoms with Gasteiger partial charge in [0.15, 0.2) is 0 Å².